The van der Waals surface area contributed by atoms with Gasteiger partial charge in [-0.1, -0.05) is 11.6 Å². The fourth-order valence-electron chi connectivity index (χ4n) is 1.26. The van der Waals surface area contributed by atoms with Crippen LogP contribution >= 0.6 is 11.6 Å². The first kappa shape index (κ1) is 13.8. The van der Waals surface area contributed by atoms with Crippen molar-refractivity contribution in [2.45, 2.75) is 19.8 Å². The average molecular weight is 268 g/mol. The maximum Gasteiger partial charge on any atom is 0.311 e. The molecule has 1 aromatic heterocycles. The maximum absolute atomic E-state index is 12.9. The minimum atomic E-state index is -2.93. The van der Waals surface area contributed by atoms with E-state index in [-0.39, 0.29) is 6.61 Å². The van der Waals surface area contributed by atoms with Crippen LogP contribution in [0.4, 0.5) is 13.2 Å². The van der Waals surface area contributed by atoms with Crippen LogP contribution in [0.3, 0.4) is 0 Å². The van der Waals surface area contributed by atoms with Gasteiger partial charge in [0.25, 0.3) is 6.43 Å². The Kier molecular flexibility index (Phi) is 4.74. The number of pyridine rings is 1. The number of aromatic nitrogens is 1. The molecule has 0 unspecified atom stereocenters. The number of hydrogen-bond donors (Lipinski definition) is 0. The third kappa shape index (κ3) is 3.59. The summed E-state index contributed by atoms with van der Waals surface area (Å²) in [6.45, 7) is 1.67. The molecule has 1 rings (SSSR count). The van der Waals surface area contributed by atoms with Crippen molar-refractivity contribution in [2.75, 3.05) is 6.61 Å². The van der Waals surface area contributed by atoms with Gasteiger partial charge in [0.1, 0.15) is 0 Å². The number of ether oxygens (including phenoxy) is 1. The predicted molar refractivity (Wildman–Crippen MR) is 54.5 cm³/mol. The SMILES string of the molecule is CCOC(=O)Cc1nc(F)cc(Cl)c1C(F)F. The second-order valence-corrected chi connectivity index (χ2v) is 3.48. The van der Waals surface area contributed by atoms with Gasteiger partial charge in [0.05, 0.1) is 29.3 Å². The summed E-state index contributed by atoms with van der Waals surface area (Å²) in [5.41, 5.74) is -1.04. The molecule has 0 aliphatic rings. The van der Waals surface area contributed by atoms with E-state index < -0.39 is 41.0 Å². The summed E-state index contributed by atoms with van der Waals surface area (Å²) in [6.07, 6.45) is -3.47. The number of alkyl halides is 2. The van der Waals surface area contributed by atoms with E-state index in [1.54, 1.807) is 6.92 Å². The highest BCUT2D eigenvalue weighted by molar-refractivity contribution is 6.31. The minimum absolute atomic E-state index is 0.103. The lowest BCUT2D eigenvalue weighted by molar-refractivity contribution is -0.142. The molecule has 17 heavy (non-hydrogen) atoms. The Labute approximate surface area is 101 Å². The van der Waals surface area contributed by atoms with E-state index in [4.69, 9.17) is 11.6 Å². The van der Waals surface area contributed by atoms with Crippen LogP contribution in [-0.2, 0) is 16.0 Å². The Morgan fingerprint density at radius 2 is 2.24 bits per heavy atom. The van der Waals surface area contributed by atoms with Gasteiger partial charge in [0.15, 0.2) is 0 Å². The standard InChI is InChI=1S/C10H9ClF3NO2/c1-2-17-8(16)4-6-9(10(13)14)5(11)3-7(12)15-6/h3,10H,2,4H2,1H3. The van der Waals surface area contributed by atoms with E-state index >= 15 is 0 Å². The van der Waals surface area contributed by atoms with Crippen LogP contribution < -0.4 is 0 Å². The molecular weight excluding hydrogens is 259 g/mol. The molecule has 1 heterocycles. The van der Waals surface area contributed by atoms with Gasteiger partial charge in [0, 0.05) is 6.07 Å². The number of carbonyl (C=O) groups is 1. The number of hydrogen-bond acceptors (Lipinski definition) is 3. The number of esters is 1. The zero-order chi connectivity index (χ0) is 13.0. The third-order valence-corrected chi connectivity index (χ3v) is 2.20. The number of nitrogens with zero attached hydrogens (tertiary/aromatic N) is 1. The molecule has 0 spiro atoms. The van der Waals surface area contributed by atoms with Crippen LogP contribution in [0.5, 0.6) is 0 Å². The molecular formula is C10H9ClF3NO2. The molecule has 0 amide bonds. The molecule has 0 fully saturated rings. The summed E-state index contributed by atoms with van der Waals surface area (Å²) >= 11 is 5.48. The highest BCUT2D eigenvalue weighted by Gasteiger charge is 2.22. The molecule has 3 nitrogen and oxygen atoms in total. The van der Waals surface area contributed by atoms with Crippen molar-refractivity contribution in [1.29, 1.82) is 0 Å². The van der Waals surface area contributed by atoms with Crippen molar-refractivity contribution >= 4 is 17.6 Å². The third-order valence-electron chi connectivity index (χ3n) is 1.89. The Morgan fingerprint density at radius 1 is 1.59 bits per heavy atom. The monoisotopic (exact) mass is 267 g/mol. The van der Waals surface area contributed by atoms with Crippen LogP contribution in [0.2, 0.25) is 5.02 Å². The van der Waals surface area contributed by atoms with Crippen LogP contribution in [0.25, 0.3) is 0 Å². The van der Waals surface area contributed by atoms with Crippen molar-refractivity contribution < 1.29 is 22.7 Å². The molecule has 7 heteroatoms. The van der Waals surface area contributed by atoms with Crippen LogP contribution in [0.15, 0.2) is 6.07 Å². The molecule has 0 N–H and O–H groups in total. The van der Waals surface area contributed by atoms with E-state index in [1.807, 2.05) is 0 Å². The number of rotatable bonds is 4. The first-order valence-corrected chi connectivity index (χ1v) is 5.12. The van der Waals surface area contributed by atoms with E-state index in [2.05, 4.69) is 9.72 Å². The summed E-state index contributed by atoms with van der Waals surface area (Å²) in [4.78, 5) is 14.4. The first-order valence-electron chi connectivity index (χ1n) is 4.74. The first-order chi connectivity index (χ1) is 7.95. The van der Waals surface area contributed by atoms with Crippen LogP contribution in [-0.4, -0.2) is 17.6 Å². The van der Waals surface area contributed by atoms with Gasteiger partial charge in [-0.15, -0.1) is 0 Å². The Balaban J connectivity index is 3.08. The summed E-state index contributed by atoms with van der Waals surface area (Å²) in [5, 5.41) is -0.452. The molecule has 0 radical (unpaired) electrons. The molecule has 0 saturated carbocycles. The van der Waals surface area contributed by atoms with Crippen LogP contribution in [0.1, 0.15) is 24.6 Å². The fourth-order valence-corrected chi connectivity index (χ4v) is 1.54. The van der Waals surface area contributed by atoms with Crippen molar-refractivity contribution in [3.63, 3.8) is 0 Å². The van der Waals surface area contributed by atoms with E-state index in [1.165, 1.54) is 0 Å². The molecule has 94 valence electrons. The number of halogens is 4. The minimum Gasteiger partial charge on any atom is -0.466 e. The van der Waals surface area contributed by atoms with Gasteiger partial charge in [-0.05, 0) is 6.92 Å². The number of carbonyl (C=O) groups excluding carboxylic acids is 1. The van der Waals surface area contributed by atoms with Crippen LogP contribution in [0, 0.1) is 5.95 Å². The van der Waals surface area contributed by atoms with E-state index in [9.17, 15) is 18.0 Å². The normalized spacial score (nSPS) is 10.7. The van der Waals surface area contributed by atoms with Gasteiger partial charge < -0.3 is 4.74 Å². The Hall–Kier alpha value is -1.30. The van der Waals surface area contributed by atoms with Gasteiger partial charge in [-0.2, -0.15) is 4.39 Å². The van der Waals surface area contributed by atoms with E-state index in [0.29, 0.717) is 6.07 Å². The van der Waals surface area contributed by atoms with Gasteiger partial charge in [-0.25, -0.2) is 13.8 Å². The zero-order valence-corrected chi connectivity index (χ0v) is 9.60. The summed E-state index contributed by atoms with van der Waals surface area (Å²) in [5.74, 6) is -1.78. The smallest absolute Gasteiger partial charge is 0.311 e. The molecule has 0 aromatic carbocycles. The quantitative estimate of drug-likeness (QED) is 0.622. The summed E-state index contributed by atoms with van der Waals surface area (Å²) < 4.78 is 42.8. The van der Waals surface area contributed by atoms with E-state index in [0.717, 1.165) is 0 Å². The Morgan fingerprint density at radius 3 is 2.76 bits per heavy atom. The average Bonchev–Trinajstić information content (AvgIpc) is 2.15. The van der Waals surface area contributed by atoms with Gasteiger partial charge in [-0.3, -0.25) is 4.79 Å². The molecule has 0 bridgehead atoms. The fraction of sp³-hybridized carbons (Fsp3) is 0.400. The maximum atomic E-state index is 12.9. The summed E-state index contributed by atoms with van der Waals surface area (Å²) in [7, 11) is 0. The van der Waals surface area contributed by atoms with Crippen molar-refractivity contribution in [1.82, 2.24) is 4.98 Å². The second kappa shape index (κ2) is 5.86. The lowest BCUT2D eigenvalue weighted by Crippen LogP contribution is -2.12. The van der Waals surface area contributed by atoms with Crippen molar-refractivity contribution in [3.8, 4) is 0 Å². The van der Waals surface area contributed by atoms with Gasteiger partial charge in [0.2, 0.25) is 5.95 Å². The Bertz CT molecular complexity index is 426. The zero-order valence-electron chi connectivity index (χ0n) is 8.84. The van der Waals surface area contributed by atoms with Crippen molar-refractivity contribution in [3.05, 3.63) is 28.3 Å². The highest BCUT2D eigenvalue weighted by Crippen LogP contribution is 2.30. The predicted octanol–water partition coefficient (Wildman–Crippen LogP) is 2.92. The molecule has 0 aliphatic carbocycles. The topological polar surface area (TPSA) is 39.2 Å². The second-order valence-electron chi connectivity index (χ2n) is 3.07. The largest absolute Gasteiger partial charge is 0.466 e. The highest BCUT2D eigenvalue weighted by atomic mass is 35.5. The summed E-state index contributed by atoms with van der Waals surface area (Å²) in [6, 6.07) is 0.678. The lowest BCUT2D eigenvalue weighted by Gasteiger charge is -2.09. The van der Waals surface area contributed by atoms with Crippen molar-refractivity contribution in [2.24, 2.45) is 0 Å². The molecule has 1 aromatic rings. The molecule has 0 atom stereocenters. The van der Waals surface area contributed by atoms with Gasteiger partial charge >= 0.3 is 5.97 Å². The molecule has 0 aliphatic heterocycles. The molecule has 0 saturated heterocycles. The lowest BCUT2D eigenvalue weighted by atomic mass is 10.1.